The van der Waals surface area contributed by atoms with Gasteiger partial charge in [0.1, 0.15) is 0 Å². The first-order valence-electron chi connectivity index (χ1n) is 5.62. The Kier molecular flexibility index (Phi) is 3.83. The Morgan fingerprint density at radius 3 is 2.16 bits per heavy atom. The van der Waals surface area contributed by atoms with Gasteiger partial charge in [-0.15, -0.1) is 0 Å². The van der Waals surface area contributed by atoms with Crippen molar-refractivity contribution < 1.29 is 14.7 Å². The smallest absolute Gasteiger partial charge is 0.335 e. The molecule has 0 aliphatic rings. The van der Waals surface area contributed by atoms with E-state index in [9.17, 15) is 9.59 Å². The molecule has 1 aromatic heterocycles. The fraction of sp³-hybridized carbons (Fsp3) is 0. The van der Waals surface area contributed by atoms with E-state index in [0.717, 1.165) is 5.56 Å². The van der Waals surface area contributed by atoms with E-state index in [0.29, 0.717) is 5.56 Å². The van der Waals surface area contributed by atoms with Crippen LogP contribution in [0.5, 0.6) is 0 Å². The fourth-order valence-corrected chi connectivity index (χ4v) is 1.52. The molecular weight excluding hydrogens is 242 g/mol. The molecule has 2 aromatic rings. The molecule has 0 radical (unpaired) electrons. The SMILES string of the molecule is O=C(O)c1ccc(/C=C/C(=O)c2ccncc2)cc1. The zero-order valence-corrected chi connectivity index (χ0v) is 9.98. The molecule has 0 fully saturated rings. The zero-order valence-electron chi connectivity index (χ0n) is 9.98. The third kappa shape index (κ3) is 3.35. The number of benzene rings is 1. The summed E-state index contributed by atoms with van der Waals surface area (Å²) in [6.07, 6.45) is 6.21. The lowest BCUT2D eigenvalue weighted by molar-refractivity contribution is 0.0696. The molecule has 0 atom stereocenters. The van der Waals surface area contributed by atoms with Gasteiger partial charge in [-0.1, -0.05) is 18.2 Å². The van der Waals surface area contributed by atoms with Crippen molar-refractivity contribution in [3.05, 3.63) is 71.6 Å². The topological polar surface area (TPSA) is 67.3 Å². The van der Waals surface area contributed by atoms with Crippen LogP contribution in [0.3, 0.4) is 0 Å². The Morgan fingerprint density at radius 2 is 1.58 bits per heavy atom. The summed E-state index contributed by atoms with van der Waals surface area (Å²) >= 11 is 0. The predicted molar refractivity (Wildman–Crippen MR) is 71.0 cm³/mol. The van der Waals surface area contributed by atoms with Crippen LogP contribution in [0.25, 0.3) is 6.08 Å². The quantitative estimate of drug-likeness (QED) is 0.672. The molecule has 0 unspecified atom stereocenters. The van der Waals surface area contributed by atoms with Crippen molar-refractivity contribution in [1.29, 1.82) is 0 Å². The van der Waals surface area contributed by atoms with E-state index in [1.165, 1.54) is 18.2 Å². The molecule has 1 heterocycles. The van der Waals surface area contributed by atoms with E-state index in [2.05, 4.69) is 4.98 Å². The number of rotatable bonds is 4. The molecule has 0 aliphatic heterocycles. The fourth-order valence-electron chi connectivity index (χ4n) is 1.52. The van der Waals surface area contributed by atoms with Crippen LogP contribution in [0.15, 0.2) is 54.9 Å². The molecule has 1 aromatic carbocycles. The summed E-state index contributed by atoms with van der Waals surface area (Å²) in [7, 11) is 0. The number of aromatic nitrogens is 1. The van der Waals surface area contributed by atoms with Gasteiger partial charge in [-0.05, 0) is 35.9 Å². The average Bonchev–Trinajstić information content (AvgIpc) is 2.46. The zero-order chi connectivity index (χ0) is 13.7. The normalized spacial score (nSPS) is 10.5. The van der Waals surface area contributed by atoms with E-state index in [4.69, 9.17) is 5.11 Å². The summed E-state index contributed by atoms with van der Waals surface area (Å²) in [6.45, 7) is 0. The van der Waals surface area contributed by atoms with E-state index in [1.807, 2.05) is 0 Å². The van der Waals surface area contributed by atoms with Crippen LogP contribution in [-0.4, -0.2) is 21.8 Å². The Hall–Kier alpha value is -2.75. The molecule has 0 saturated carbocycles. The maximum atomic E-state index is 11.8. The van der Waals surface area contributed by atoms with E-state index >= 15 is 0 Å². The number of hydrogen-bond donors (Lipinski definition) is 1. The number of ketones is 1. The Morgan fingerprint density at radius 1 is 0.947 bits per heavy atom. The lowest BCUT2D eigenvalue weighted by Gasteiger charge is -1.96. The molecule has 2 rings (SSSR count). The summed E-state index contributed by atoms with van der Waals surface area (Å²) in [4.78, 5) is 26.3. The predicted octanol–water partition coefficient (Wildman–Crippen LogP) is 2.68. The van der Waals surface area contributed by atoms with Crippen molar-refractivity contribution in [3.63, 3.8) is 0 Å². The summed E-state index contributed by atoms with van der Waals surface area (Å²) in [5.74, 6) is -1.09. The third-order valence-corrected chi connectivity index (χ3v) is 2.55. The Balaban J connectivity index is 2.10. The highest BCUT2D eigenvalue weighted by atomic mass is 16.4. The van der Waals surface area contributed by atoms with Crippen molar-refractivity contribution >= 4 is 17.8 Å². The van der Waals surface area contributed by atoms with Crippen LogP contribution in [-0.2, 0) is 0 Å². The molecule has 94 valence electrons. The number of carboxylic acids is 1. The van der Waals surface area contributed by atoms with Crippen LogP contribution < -0.4 is 0 Å². The van der Waals surface area contributed by atoms with Crippen molar-refractivity contribution in [2.75, 3.05) is 0 Å². The van der Waals surface area contributed by atoms with E-state index in [-0.39, 0.29) is 11.3 Å². The summed E-state index contributed by atoms with van der Waals surface area (Å²) in [6, 6.07) is 9.58. The van der Waals surface area contributed by atoms with Crippen molar-refractivity contribution in [1.82, 2.24) is 4.98 Å². The Bertz CT molecular complexity index is 616. The number of aromatic carboxylic acids is 1. The number of pyridine rings is 1. The van der Waals surface area contributed by atoms with Gasteiger partial charge in [0.25, 0.3) is 0 Å². The minimum Gasteiger partial charge on any atom is -0.478 e. The van der Waals surface area contributed by atoms with E-state index in [1.54, 1.807) is 42.7 Å². The largest absolute Gasteiger partial charge is 0.478 e. The number of carbonyl (C=O) groups is 2. The van der Waals surface area contributed by atoms with Crippen molar-refractivity contribution in [3.8, 4) is 0 Å². The number of carboxylic acid groups (broad SMARTS) is 1. The number of hydrogen-bond acceptors (Lipinski definition) is 3. The van der Waals surface area contributed by atoms with Gasteiger partial charge >= 0.3 is 5.97 Å². The molecule has 19 heavy (non-hydrogen) atoms. The molecule has 4 nitrogen and oxygen atoms in total. The monoisotopic (exact) mass is 253 g/mol. The molecule has 0 spiro atoms. The highest BCUT2D eigenvalue weighted by Crippen LogP contribution is 2.07. The lowest BCUT2D eigenvalue weighted by Crippen LogP contribution is -1.95. The van der Waals surface area contributed by atoms with Gasteiger partial charge in [0.2, 0.25) is 0 Å². The van der Waals surface area contributed by atoms with Crippen LogP contribution >= 0.6 is 0 Å². The van der Waals surface area contributed by atoms with Crippen molar-refractivity contribution in [2.24, 2.45) is 0 Å². The van der Waals surface area contributed by atoms with Gasteiger partial charge in [-0.3, -0.25) is 9.78 Å². The van der Waals surface area contributed by atoms with Crippen molar-refractivity contribution in [2.45, 2.75) is 0 Å². The summed E-state index contributed by atoms with van der Waals surface area (Å²) in [5, 5.41) is 8.76. The van der Waals surface area contributed by atoms with Gasteiger partial charge in [-0.2, -0.15) is 0 Å². The molecule has 0 saturated heterocycles. The van der Waals surface area contributed by atoms with E-state index < -0.39 is 5.97 Å². The third-order valence-electron chi connectivity index (χ3n) is 2.55. The summed E-state index contributed by atoms with van der Waals surface area (Å²) in [5.41, 5.74) is 1.55. The minimum atomic E-state index is -0.969. The second kappa shape index (κ2) is 5.73. The number of allylic oxidation sites excluding steroid dienone is 1. The second-order valence-electron chi connectivity index (χ2n) is 3.86. The first kappa shape index (κ1) is 12.7. The van der Waals surface area contributed by atoms with Gasteiger partial charge < -0.3 is 5.11 Å². The van der Waals surface area contributed by atoms with Crippen LogP contribution in [0, 0.1) is 0 Å². The van der Waals surface area contributed by atoms with Gasteiger partial charge in [0.05, 0.1) is 5.56 Å². The van der Waals surface area contributed by atoms with Gasteiger partial charge in [0, 0.05) is 18.0 Å². The highest BCUT2D eigenvalue weighted by Gasteiger charge is 2.02. The lowest BCUT2D eigenvalue weighted by atomic mass is 10.1. The molecule has 4 heteroatoms. The first-order chi connectivity index (χ1) is 9.16. The minimum absolute atomic E-state index is 0.121. The van der Waals surface area contributed by atoms with Gasteiger partial charge in [0.15, 0.2) is 5.78 Å². The standard InChI is InChI=1S/C15H11NO3/c17-14(12-7-9-16-10-8-12)6-3-11-1-4-13(5-2-11)15(18)19/h1-10H,(H,18,19)/b6-3+. The molecule has 0 aliphatic carbocycles. The maximum absolute atomic E-state index is 11.8. The first-order valence-corrected chi connectivity index (χ1v) is 5.62. The van der Waals surface area contributed by atoms with Crippen LogP contribution in [0.4, 0.5) is 0 Å². The molecule has 1 N–H and O–H groups in total. The van der Waals surface area contributed by atoms with Gasteiger partial charge in [-0.25, -0.2) is 4.79 Å². The number of carbonyl (C=O) groups excluding carboxylic acids is 1. The van der Waals surface area contributed by atoms with Crippen LogP contribution in [0.1, 0.15) is 26.3 Å². The highest BCUT2D eigenvalue weighted by molar-refractivity contribution is 6.06. The molecule has 0 bridgehead atoms. The number of nitrogens with zero attached hydrogens (tertiary/aromatic N) is 1. The van der Waals surface area contributed by atoms with Crippen LogP contribution in [0.2, 0.25) is 0 Å². The maximum Gasteiger partial charge on any atom is 0.335 e. The molecule has 0 amide bonds. The summed E-state index contributed by atoms with van der Waals surface area (Å²) < 4.78 is 0. The Labute approximate surface area is 110 Å². The molecular formula is C15H11NO3. The second-order valence-corrected chi connectivity index (χ2v) is 3.86. The average molecular weight is 253 g/mol.